The number of unbranched alkanes of at least 4 members (excludes halogenated alkanes) is 1. The van der Waals surface area contributed by atoms with Gasteiger partial charge in [-0.15, -0.1) is 0 Å². The summed E-state index contributed by atoms with van der Waals surface area (Å²) in [5.74, 6) is 1.47. The van der Waals surface area contributed by atoms with Gasteiger partial charge < -0.3 is 9.47 Å². The van der Waals surface area contributed by atoms with Gasteiger partial charge in [0.05, 0.1) is 13.7 Å². The van der Waals surface area contributed by atoms with Crippen LogP contribution in [0, 0.1) is 0 Å². The summed E-state index contributed by atoms with van der Waals surface area (Å²) >= 11 is 0. The molecule has 1 aromatic carbocycles. The summed E-state index contributed by atoms with van der Waals surface area (Å²) in [6.45, 7) is 8.78. The van der Waals surface area contributed by atoms with Crippen molar-refractivity contribution in [3.63, 3.8) is 0 Å². The normalized spacial score (nSPS) is 11.2. The molecule has 1 rings (SSSR count). The SMILES string of the molecule is C=C(CC)N=C(OC)c1ccc(OCCCC)cc1. The summed E-state index contributed by atoms with van der Waals surface area (Å²) in [4.78, 5) is 4.35. The molecule has 0 aliphatic carbocycles. The Balaban J connectivity index is 2.73. The van der Waals surface area contributed by atoms with E-state index < -0.39 is 0 Å². The summed E-state index contributed by atoms with van der Waals surface area (Å²) < 4.78 is 10.9. The Kier molecular flexibility index (Phi) is 6.72. The lowest BCUT2D eigenvalue weighted by atomic mass is 10.2. The van der Waals surface area contributed by atoms with Gasteiger partial charge in [-0.25, -0.2) is 4.99 Å². The molecule has 0 radical (unpaired) electrons. The van der Waals surface area contributed by atoms with Crippen molar-refractivity contribution in [3.8, 4) is 5.75 Å². The lowest BCUT2D eigenvalue weighted by molar-refractivity contribution is 0.309. The largest absolute Gasteiger partial charge is 0.494 e. The molecular formula is C16H23NO2. The highest BCUT2D eigenvalue weighted by atomic mass is 16.5. The highest BCUT2D eigenvalue weighted by Crippen LogP contribution is 2.14. The van der Waals surface area contributed by atoms with E-state index in [0.717, 1.165) is 42.9 Å². The van der Waals surface area contributed by atoms with E-state index in [9.17, 15) is 0 Å². The Bertz CT molecular complexity index is 421. The van der Waals surface area contributed by atoms with Crippen LogP contribution >= 0.6 is 0 Å². The second-order valence-corrected chi connectivity index (χ2v) is 4.27. The maximum absolute atomic E-state index is 5.62. The van der Waals surface area contributed by atoms with Crippen LogP contribution < -0.4 is 4.74 Å². The minimum atomic E-state index is 0.590. The van der Waals surface area contributed by atoms with Gasteiger partial charge in [0.2, 0.25) is 5.90 Å². The zero-order valence-electron chi connectivity index (χ0n) is 12.1. The molecule has 3 nitrogen and oxygen atoms in total. The first-order valence-electron chi connectivity index (χ1n) is 6.75. The van der Waals surface area contributed by atoms with Crippen LogP contribution in [0.1, 0.15) is 38.7 Å². The molecular weight excluding hydrogens is 238 g/mol. The molecule has 0 bridgehead atoms. The lowest BCUT2D eigenvalue weighted by Gasteiger charge is -2.08. The van der Waals surface area contributed by atoms with Gasteiger partial charge in [-0.1, -0.05) is 26.8 Å². The quantitative estimate of drug-likeness (QED) is 0.419. The van der Waals surface area contributed by atoms with Gasteiger partial charge in [0.15, 0.2) is 0 Å². The first-order chi connectivity index (χ1) is 9.21. The summed E-state index contributed by atoms with van der Waals surface area (Å²) in [7, 11) is 1.62. The Morgan fingerprint density at radius 2 is 1.89 bits per heavy atom. The number of ether oxygens (including phenoxy) is 2. The number of allylic oxidation sites excluding steroid dienone is 1. The van der Waals surface area contributed by atoms with E-state index in [1.165, 1.54) is 0 Å². The third kappa shape index (κ3) is 5.16. The third-order valence-electron chi connectivity index (χ3n) is 2.73. The van der Waals surface area contributed by atoms with E-state index in [1.54, 1.807) is 7.11 Å². The molecule has 0 saturated carbocycles. The van der Waals surface area contributed by atoms with Crippen molar-refractivity contribution >= 4 is 5.90 Å². The number of methoxy groups -OCH3 is 1. The van der Waals surface area contributed by atoms with Gasteiger partial charge in [0.1, 0.15) is 5.75 Å². The Hall–Kier alpha value is -1.77. The van der Waals surface area contributed by atoms with Gasteiger partial charge >= 0.3 is 0 Å². The number of hydrogen-bond donors (Lipinski definition) is 0. The van der Waals surface area contributed by atoms with E-state index in [4.69, 9.17) is 9.47 Å². The Morgan fingerprint density at radius 1 is 1.21 bits per heavy atom. The first kappa shape index (κ1) is 15.3. The standard InChI is InChI=1S/C16H23NO2/c1-5-7-12-19-15-10-8-14(9-11-15)16(18-4)17-13(3)6-2/h8-11H,3,5-7,12H2,1-2,4H3. The van der Waals surface area contributed by atoms with Crippen LogP contribution in [0.25, 0.3) is 0 Å². The molecule has 19 heavy (non-hydrogen) atoms. The molecule has 1 aromatic rings. The Labute approximate surface area is 116 Å². The first-order valence-corrected chi connectivity index (χ1v) is 6.75. The van der Waals surface area contributed by atoms with E-state index in [2.05, 4.69) is 18.5 Å². The van der Waals surface area contributed by atoms with Crippen LogP contribution in [0.4, 0.5) is 0 Å². The highest BCUT2D eigenvalue weighted by Gasteiger charge is 2.04. The van der Waals surface area contributed by atoms with Crippen LogP contribution in [-0.4, -0.2) is 19.6 Å². The van der Waals surface area contributed by atoms with Crippen LogP contribution in [0.5, 0.6) is 5.75 Å². The van der Waals surface area contributed by atoms with E-state index in [0.29, 0.717) is 5.90 Å². The van der Waals surface area contributed by atoms with Gasteiger partial charge in [-0.2, -0.15) is 0 Å². The van der Waals surface area contributed by atoms with E-state index in [1.807, 2.05) is 31.2 Å². The molecule has 0 fully saturated rings. The van der Waals surface area contributed by atoms with Crippen molar-refractivity contribution in [2.75, 3.05) is 13.7 Å². The van der Waals surface area contributed by atoms with Crippen molar-refractivity contribution in [3.05, 3.63) is 42.1 Å². The summed E-state index contributed by atoms with van der Waals surface area (Å²) in [5.41, 5.74) is 1.74. The number of rotatable bonds is 7. The molecule has 0 spiro atoms. The fourth-order valence-electron chi connectivity index (χ4n) is 1.48. The third-order valence-corrected chi connectivity index (χ3v) is 2.73. The molecule has 3 heteroatoms. The highest BCUT2D eigenvalue weighted by molar-refractivity contribution is 5.94. The average molecular weight is 261 g/mol. The van der Waals surface area contributed by atoms with Crippen LogP contribution in [0.2, 0.25) is 0 Å². The van der Waals surface area contributed by atoms with Crippen LogP contribution in [0.3, 0.4) is 0 Å². The zero-order valence-corrected chi connectivity index (χ0v) is 12.1. The molecule has 0 aliphatic rings. The molecule has 0 amide bonds. The molecule has 0 saturated heterocycles. The van der Waals surface area contributed by atoms with Gasteiger partial charge in [-0.05, 0) is 37.1 Å². The zero-order chi connectivity index (χ0) is 14.1. The predicted molar refractivity (Wildman–Crippen MR) is 79.8 cm³/mol. The maximum Gasteiger partial charge on any atom is 0.220 e. The van der Waals surface area contributed by atoms with Crippen LogP contribution in [-0.2, 0) is 4.74 Å². The Morgan fingerprint density at radius 3 is 2.42 bits per heavy atom. The van der Waals surface area contributed by atoms with Crippen molar-refractivity contribution in [1.29, 1.82) is 0 Å². The average Bonchev–Trinajstić information content (AvgIpc) is 2.45. The number of benzene rings is 1. The van der Waals surface area contributed by atoms with Crippen molar-refractivity contribution in [1.82, 2.24) is 0 Å². The maximum atomic E-state index is 5.62. The molecule has 104 valence electrons. The van der Waals surface area contributed by atoms with Gasteiger partial charge in [0.25, 0.3) is 0 Å². The predicted octanol–water partition coefficient (Wildman–Crippen LogP) is 4.18. The van der Waals surface area contributed by atoms with E-state index >= 15 is 0 Å². The van der Waals surface area contributed by atoms with Gasteiger partial charge in [0, 0.05) is 11.3 Å². The molecule has 0 unspecified atom stereocenters. The van der Waals surface area contributed by atoms with Crippen molar-refractivity contribution in [2.24, 2.45) is 4.99 Å². The summed E-state index contributed by atoms with van der Waals surface area (Å²) in [5, 5.41) is 0. The van der Waals surface area contributed by atoms with Crippen molar-refractivity contribution < 1.29 is 9.47 Å². The fourth-order valence-corrected chi connectivity index (χ4v) is 1.48. The number of aliphatic imine (C=N–C) groups is 1. The minimum absolute atomic E-state index is 0.590. The monoisotopic (exact) mass is 261 g/mol. The lowest BCUT2D eigenvalue weighted by Crippen LogP contribution is -2.04. The molecule has 0 N–H and O–H groups in total. The number of nitrogens with zero attached hydrogens (tertiary/aromatic N) is 1. The second-order valence-electron chi connectivity index (χ2n) is 4.27. The minimum Gasteiger partial charge on any atom is -0.494 e. The van der Waals surface area contributed by atoms with Gasteiger partial charge in [-0.3, -0.25) is 0 Å². The molecule has 0 heterocycles. The molecule has 0 aliphatic heterocycles. The topological polar surface area (TPSA) is 30.8 Å². The number of hydrogen-bond acceptors (Lipinski definition) is 3. The smallest absolute Gasteiger partial charge is 0.220 e. The molecule has 0 aromatic heterocycles. The van der Waals surface area contributed by atoms with E-state index in [-0.39, 0.29) is 0 Å². The summed E-state index contributed by atoms with van der Waals surface area (Å²) in [6.07, 6.45) is 3.02. The summed E-state index contributed by atoms with van der Waals surface area (Å²) in [6, 6.07) is 7.78. The second kappa shape index (κ2) is 8.35. The van der Waals surface area contributed by atoms with Crippen molar-refractivity contribution in [2.45, 2.75) is 33.1 Å². The fraction of sp³-hybridized carbons (Fsp3) is 0.438. The van der Waals surface area contributed by atoms with Crippen LogP contribution in [0.15, 0.2) is 41.5 Å². The molecule has 0 atom stereocenters.